The van der Waals surface area contributed by atoms with Crippen LogP contribution in [0.3, 0.4) is 0 Å². The highest BCUT2D eigenvalue weighted by molar-refractivity contribution is 5.65. The second-order valence-electron chi connectivity index (χ2n) is 4.93. The number of pyridine rings is 1. The Morgan fingerprint density at radius 1 is 1.60 bits per heavy atom. The molecule has 2 atom stereocenters. The Labute approximate surface area is 115 Å². The molecule has 0 aromatic carbocycles. The summed E-state index contributed by atoms with van der Waals surface area (Å²) in [5.41, 5.74) is 5.46. The van der Waals surface area contributed by atoms with Crippen molar-refractivity contribution in [1.29, 1.82) is 0 Å². The fourth-order valence-corrected chi connectivity index (χ4v) is 2.53. The first-order valence-corrected chi connectivity index (χ1v) is 6.26. The van der Waals surface area contributed by atoms with Crippen molar-refractivity contribution >= 4 is 17.5 Å². The van der Waals surface area contributed by atoms with E-state index in [9.17, 15) is 14.9 Å². The second kappa shape index (κ2) is 5.72. The van der Waals surface area contributed by atoms with Crippen molar-refractivity contribution in [2.24, 2.45) is 11.7 Å². The third-order valence-electron chi connectivity index (χ3n) is 3.22. The van der Waals surface area contributed by atoms with Crippen LogP contribution in [0.1, 0.15) is 13.3 Å². The summed E-state index contributed by atoms with van der Waals surface area (Å²) in [6, 6.07) is 1.59. The minimum absolute atomic E-state index is 0.0561. The Balaban J connectivity index is 2.23. The molecule has 0 radical (unpaired) electrons. The van der Waals surface area contributed by atoms with Gasteiger partial charge in [-0.25, -0.2) is 4.79 Å². The molecule has 0 bridgehead atoms. The second-order valence-corrected chi connectivity index (χ2v) is 4.93. The van der Waals surface area contributed by atoms with Gasteiger partial charge >= 0.3 is 11.8 Å². The number of ether oxygens (including phenoxy) is 1. The monoisotopic (exact) mass is 280 g/mol. The number of nitro groups is 1. The molecule has 1 amide bonds. The van der Waals surface area contributed by atoms with Crippen molar-refractivity contribution in [1.82, 2.24) is 4.98 Å². The number of piperidine rings is 1. The Kier molecular flexibility index (Phi) is 4.02. The highest BCUT2D eigenvalue weighted by Gasteiger charge is 2.30. The summed E-state index contributed by atoms with van der Waals surface area (Å²) >= 11 is 0. The van der Waals surface area contributed by atoms with Crippen LogP contribution in [-0.4, -0.2) is 35.2 Å². The lowest BCUT2D eigenvalue weighted by Crippen LogP contribution is -2.45. The minimum Gasteiger partial charge on any atom is -0.445 e. The van der Waals surface area contributed by atoms with Crippen LogP contribution in [0.15, 0.2) is 18.5 Å². The van der Waals surface area contributed by atoms with Crippen LogP contribution in [0, 0.1) is 16.0 Å². The molecule has 1 aliphatic rings. The summed E-state index contributed by atoms with van der Waals surface area (Å²) in [5.74, 6) is 0.237. The standard InChI is InChI=1S/C12H16N4O4/c1-8-4-9(20-12(13)17)7-15(6-8)10-2-3-14-5-11(10)16(18)19/h2-3,5,8-9H,4,6-7H2,1H3,(H2,13,17)/t8-,9+/m0/s1. The maximum Gasteiger partial charge on any atom is 0.404 e. The lowest BCUT2D eigenvalue weighted by Gasteiger charge is -2.36. The molecule has 1 aromatic rings. The average molecular weight is 280 g/mol. The molecule has 0 aliphatic carbocycles. The van der Waals surface area contributed by atoms with Gasteiger partial charge in [0.15, 0.2) is 0 Å². The highest BCUT2D eigenvalue weighted by Crippen LogP contribution is 2.31. The molecule has 108 valence electrons. The smallest absolute Gasteiger partial charge is 0.404 e. The van der Waals surface area contributed by atoms with E-state index in [4.69, 9.17) is 10.5 Å². The van der Waals surface area contributed by atoms with Crippen molar-refractivity contribution in [3.63, 3.8) is 0 Å². The molecule has 1 saturated heterocycles. The number of primary amides is 1. The summed E-state index contributed by atoms with van der Waals surface area (Å²) in [6.45, 7) is 3.04. The minimum atomic E-state index is -0.826. The Bertz CT molecular complexity index is 522. The van der Waals surface area contributed by atoms with Gasteiger partial charge in [0.1, 0.15) is 18.0 Å². The van der Waals surface area contributed by atoms with Crippen molar-refractivity contribution in [3.05, 3.63) is 28.6 Å². The van der Waals surface area contributed by atoms with Crippen molar-refractivity contribution in [2.45, 2.75) is 19.4 Å². The number of anilines is 1. The molecular formula is C12H16N4O4. The fraction of sp³-hybridized carbons (Fsp3) is 0.500. The number of hydrogen-bond acceptors (Lipinski definition) is 6. The van der Waals surface area contributed by atoms with Crippen molar-refractivity contribution < 1.29 is 14.5 Å². The predicted molar refractivity (Wildman–Crippen MR) is 71.3 cm³/mol. The van der Waals surface area contributed by atoms with E-state index in [0.29, 0.717) is 25.2 Å². The first-order chi connectivity index (χ1) is 9.47. The van der Waals surface area contributed by atoms with Gasteiger partial charge in [-0.15, -0.1) is 0 Å². The molecule has 1 aromatic heterocycles. The van der Waals surface area contributed by atoms with Crippen LogP contribution in [0.25, 0.3) is 0 Å². The number of carbonyl (C=O) groups excluding carboxylic acids is 1. The summed E-state index contributed by atoms with van der Waals surface area (Å²) in [5, 5.41) is 11.0. The Morgan fingerprint density at radius 3 is 3.00 bits per heavy atom. The molecule has 20 heavy (non-hydrogen) atoms. The van der Waals surface area contributed by atoms with Crippen molar-refractivity contribution in [2.75, 3.05) is 18.0 Å². The molecule has 0 unspecified atom stereocenters. The van der Waals surface area contributed by atoms with E-state index in [1.54, 1.807) is 6.07 Å². The summed E-state index contributed by atoms with van der Waals surface area (Å²) < 4.78 is 5.03. The lowest BCUT2D eigenvalue weighted by molar-refractivity contribution is -0.384. The molecule has 8 heteroatoms. The van der Waals surface area contributed by atoms with Gasteiger partial charge in [-0.1, -0.05) is 6.92 Å². The first kappa shape index (κ1) is 14.0. The zero-order valence-electron chi connectivity index (χ0n) is 11.1. The summed E-state index contributed by atoms with van der Waals surface area (Å²) in [4.78, 5) is 27.0. The molecule has 1 fully saturated rings. The third-order valence-corrected chi connectivity index (χ3v) is 3.22. The largest absolute Gasteiger partial charge is 0.445 e. The van der Waals surface area contributed by atoms with Gasteiger partial charge < -0.3 is 15.4 Å². The van der Waals surface area contributed by atoms with Crippen LogP contribution >= 0.6 is 0 Å². The summed E-state index contributed by atoms with van der Waals surface area (Å²) in [6.07, 6.45) is 2.24. The van der Waals surface area contributed by atoms with Gasteiger partial charge in [-0.2, -0.15) is 0 Å². The number of aromatic nitrogens is 1. The van der Waals surface area contributed by atoms with Crippen LogP contribution in [-0.2, 0) is 4.74 Å². The Morgan fingerprint density at radius 2 is 2.35 bits per heavy atom. The SMILES string of the molecule is C[C@H]1C[C@@H](OC(N)=O)CN(c2ccncc2[N+](=O)[O-])C1. The van der Waals surface area contributed by atoms with Gasteiger partial charge in [0.2, 0.25) is 0 Å². The molecule has 0 spiro atoms. The van der Waals surface area contributed by atoms with Gasteiger partial charge in [0.25, 0.3) is 0 Å². The fourth-order valence-electron chi connectivity index (χ4n) is 2.53. The predicted octanol–water partition coefficient (Wildman–Crippen LogP) is 1.30. The molecular weight excluding hydrogens is 264 g/mol. The number of hydrogen-bond donors (Lipinski definition) is 1. The summed E-state index contributed by atoms with van der Waals surface area (Å²) in [7, 11) is 0. The van der Waals surface area contributed by atoms with Crippen LogP contribution in [0.2, 0.25) is 0 Å². The number of rotatable bonds is 3. The van der Waals surface area contributed by atoms with Gasteiger partial charge in [-0.3, -0.25) is 15.1 Å². The van der Waals surface area contributed by atoms with E-state index < -0.39 is 11.0 Å². The van der Waals surface area contributed by atoms with Gasteiger partial charge in [0.05, 0.1) is 11.5 Å². The normalized spacial score (nSPS) is 22.4. The molecule has 0 saturated carbocycles. The first-order valence-electron chi connectivity index (χ1n) is 6.26. The maximum absolute atomic E-state index is 11.0. The molecule has 2 rings (SSSR count). The highest BCUT2D eigenvalue weighted by atomic mass is 16.6. The average Bonchev–Trinajstić information content (AvgIpc) is 2.37. The van der Waals surface area contributed by atoms with Crippen molar-refractivity contribution in [3.8, 4) is 0 Å². The van der Waals surface area contributed by atoms with E-state index in [1.807, 2.05) is 11.8 Å². The zero-order valence-corrected chi connectivity index (χ0v) is 11.1. The van der Waals surface area contributed by atoms with Crippen LogP contribution in [0.5, 0.6) is 0 Å². The third kappa shape index (κ3) is 3.14. The molecule has 8 nitrogen and oxygen atoms in total. The number of nitrogens with two attached hydrogens (primary N) is 1. The van der Waals surface area contributed by atoms with E-state index in [2.05, 4.69) is 4.98 Å². The van der Waals surface area contributed by atoms with E-state index in [-0.39, 0.29) is 17.7 Å². The van der Waals surface area contributed by atoms with Gasteiger partial charge in [-0.05, 0) is 18.4 Å². The van der Waals surface area contributed by atoms with Crippen LogP contribution in [0.4, 0.5) is 16.2 Å². The lowest BCUT2D eigenvalue weighted by atomic mass is 9.97. The van der Waals surface area contributed by atoms with Gasteiger partial charge in [0, 0.05) is 12.7 Å². The quantitative estimate of drug-likeness (QED) is 0.659. The molecule has 2 N–H and O–H groups in total. The number of nitrogens with zero attached hydrogens (tertiary/aromatic N) is 3. The van der Waals surface area contributed by atoms with E-state index in [0.717, 1.165) is 0 Å². The molecule has 2 heterocycles. The number of carbonyl (C=O) groups is 1. The Hall–Kier alpha value is -2.38. The molecule has 1 aliphatic heterocycles. The van der Waals surface area contributed by atoms with E-state index >= 15 is 0 Å². The zero-order chi connectivity index (χ0) is 14.7. The van der Waals surface area contributed by atoms with Crippen LogP contribution < -0.4 is 10.6 Å². The maximum atomic E-state index is 11.0. The topological polar surface area (TPSA) is 112 Å². The number of amides is 1. The van der Waals surface area contributed by atoms with E-state index in [1.165, 1.54) is 12.4 Å².